The van der Waals surface area contributed by atoms with E-state index in [1.165, 1.54) is 25.3 Å². The van der Waals surface area contributed by atoms with E-state index < -0.39 is 34.7 Å². The van der Waals surface area contributed by atoms with Gasteiger partial charge in [0.25, 0.3) is 11.6 Å². The maximum atomic E-state index is 12.2. The third-order valence-corrected chi connectivity index (χ3v) is 3.30. The van der Waals surface area contributed by atoms with Crippen LogP contribution in [-0.2, 0) is 19.1 Å². The lowest BCUT2D eigenvalue weighted by molar-refractivity contribution is -0.384. The molecule has 0 saturated heterocycles. The summed E-state index contributed by atoms with van der Waals surface area (Å²) in [4.78, 5) is 45.6. The predicted octanol–water partition coefficient (Wildman–Crippen LogP) is 1.07. The number of methoxy groups -OCH3 is 2. The van der Waals surface area contributed by atoms with Crippen molar-refractivity contribution in [1.29, 1.82) is 0 Å². The highest BCUT2D eigenvalue weighted by atomic mass is 16.6. The van der Waals surface area contributed by atoms with Gasteiger partial charge < -0.3 is 14.8 Å². The van der Waals surface area contributed by atoms with Crippen molar-refractivity contribution in [3.05, 3.63) is 39.9 Å². The number of nitro groups is 1. The van der Waals surface area contributed by atoms with Crippen LogP contribution in [0.15, 0.2) is 24.3 Å². The molecular weight excluding hydrogens is 320 g/mol. The molecule has 0 spiro atoms. The second-order valence-electron chi connectivity index (χ2n) is 5.02. The van der Waals surface area contributed by atoms with Gasteiger partial charge in [-0.25, -0.2) is 4.79 Å². The molecule has 130 valence electrons. The standard InChI is InChI=1S/C15H18N2O7/c1-9(14(19)23-2)7-12(15(20)24-3)16-13(18)10-5-4-6-11(8-10)17(21)22/h4-6,8-9,12H,7H2,1-3H3,(H,16,18)/t9-,12-/m1/s1. The maximum absolute atomic E-state index is 12.2. The molecule has 0 aliphatic rings. The quantitative estimate of drug-likeness (QED) is 0.448. The largest absolute Gasteiger partial charge is 0.469 e. The molecule has 1 rings (SSSR count). The number of nitrogens with zero attached hydrogens (tertiary/aromatic N) is 1. The van der Waals surface area contributed by atoms with Crippen molar-refractivity contribution < 1.29 is 28.8 Å². The monoisotopic (exact) mass is 338 g/mol. The van der Waals surface area contributed by atoms with Crippen molar-refractivity contribution in [1.82, 2.24) is 5.32 Å². The number of hydrogen-bond donors (Lipinski definition) is 1. The number of rotatable bonds is 7. The van der Waals surface area contributed by atoms with Gasteiger partial charge in [0, 0.05) is 17.7 Å². The van der Waals surface area contributed by atoms with E-state index in [9.17, 15) is 24.5 Å². The first-order valence-corrected chi connectivity index (χ1v) is 7.01. The van der Waals surface area contributed by atoms with Gasteiger partial charge in [0.05, 0.1) is 25.1 Å². The molecule has 9 nitrogen and oxygen atoms in total. The van der Waals surface area contributed by atoms with Gasteiger partial charge in [-0.05, 0) is 12.5 Å². The topological polar surface area (TPSA) is 125 Å². The minimum Gasteiger partial charge on any atom is -0.469 e. The van der Waals surface area contributed by atoms with Gasteiger partial charge in [0.15, 0.2) is 0 Å². The van der Waals surface area contributed by atoms with Crippen molar-refractivity contribution in [2.75, 3.05) is 14.2 Å². The van der Waals surface area contributed by atoms with Gasteiger partial charge in [-0.2, -0.15) is 0 Å². The van der Waals surface area contributed by atoms with Gasteiger partial charge in [-0.1, -0.05) is 13.0 Å². The van der Waals surface area contributed by atoms with Gasteiger partial charge in [-0.3, -0.25) is 19.7 Å². The lowest BCUT2D eigenvalue weighted by Gasteiger charge is -2.19. The highest BCUT2D eigenvalue weighted by molar-refractivity contribution is 5.97. The summed E-state index contributed by atoms with van der Waals surface area (Å²) in [5.41, 5.74) is -0.232. The SMILES string of the molecule is COC(=O)[C@H](C)C[C@@H](NC(=O)c1cccc([N+](=O)[O-])c1)C(=O)OC. The highest BCUT2D eigenvalue weighted by Gasteiger charge is 2.28. The Kier molecular flexibility index (Phi) is 6.84. The van der Waals surface area contributed by atoms with E-state index >= 15 is 0 Å². The van der Waals surface area contributed by atoms with Gasteiger partial charge >= 0.3 is 11.9 Å². The maximum Gasteiger partial charge on any atom is 0.328 e. The average molecular weight is 338 g/mol. The summed E-state index contributed by atoms with van der Waals surface area (Å²) in [6.07, 6.45) is -0.0278. The van der Waals surface area contributed by atoms with Gasteiger partial charge in [0.2, 0.25) is 0 Å². The highest BCUT2D eigenvalue weighted by Crippen LogP contribution is 2.14. The average Bonchev–Trinajstić information content (AvgIpc) is 2.59. The minimum absolute atomic E-state index is 0.0174. The van der Waals surface area contributed by atoms with Crippen molar-refractivity contribution in [2.24, 2.45) is 5.92 Å². The lowest BCUT2D eigenvalue weighted by atomic mass is 10.0. The molecule has 24 heavy (non-hydrogen) atoms. The number of nitro benzene ring substituents is 1. The fraction of sp³-hybridized carbons (Fsp3) is 0.400. The Labute approximate surface area is 138 Å². The Morgan fingerprint density at radius 1 is 1.21 bits per heavy atom. The summed E-state index contributed by atoms with van der Waals surface area (Å²) < 4.78 is 9.19. The molecule has 0 unspecified atom stereocenters. The van der Waals surface area contributed by atoms with Crippen molar-refractivity contribution in [3.63, 3.8) is 0 Å². The van der Waals surface area contributed by atoms with Crippen LogP contribution in [0.4, 0.5) is 5.69 Å². The van der Waals surface area contributed by atoms with Crippen LogP contribution in [0.5, 0.6) is 0 Å². The normalized spacial score (nSPS) is 12.6. The van der Waals surface area contributed by atoms with Gasteiger partial charge in [-0.15, -0.1) is 0 Å². The lowest BCUT2D eigenvalue weighted by Crippen LogP contribution is -2.43. The number of esters is 2. The zero-order valence-electron chi connectivity index (χ0n) is 13.5. The zero-order valence-corrected chi connectivity index (χ0v) is 13.5. The van der Waals surface area contributed by atoms with Crippen LogP contribution in [0.1, 0.15) is 23.7 Å². The van der Waals surface area contributed by atoms with Crippen molar-refractivity contribution >= 4 is 23.5 Å². The Bertz CT molecular complexity index is 644. The molecule has 0 saturated carbocycles. The molecule has 1 aromatic carbocycles. The van der Waals surface area contributed by atoms with E-state index in [4.69, 9.17) is 0 Å². The Morgan fingerprint density at radius 3 is 2.38 bits per heavy atom. The first-order chi connectivity index (χ1) is 11.3. The molecule has 0 aliphatic carbocycles. The first kappa shape index (κ1) is 19.1. The number of ether oxygens (including phenoxy) is 2. The molecule has 1 N–H and O–H groups in total. The van der Waals surface area contributed by atoms with Crippen molar-refractivity contribution in [2.45, 2.75) is 19.4 Å². The molecule has 0 bridgehead atoms. The van der Waals surface area contributed by atoms with Crippen LogP contribution < -0.4 is 5.32 Å². The molecule has 0 aliphatic heterocycles. The Morgan fingerprint density at radius 2 is 1.83 bits per heavy atom. The van der Waals surface area contributed by atoms with Crippen LogP contribution in [-0.4, -0.2) is 43.0 Å². The van der Waals surface area contributed by atoms with Gasteiger partial charge in [0.1, 0.15) is 6.04 Å². The van der Waals surface area contributed by atoms with Crippen LogP contribution in [0, 0.1) is 16.0 Å². The van der Waals surface area contributed by atoms with E-state index in [1.807, 2.05) is 0 Å². The number of hydrogen-bond acceptors (Lipinski definition) is 7. The smallest absolute Gasteiger partial charge is 0.328 e. The molecule has 0 radical (unpaired) electrons. The summed E-state index contributed by atoms with van der Waals surface area (Å²) >= 11 is 0. The number of non-ortho nitro benzene ring substituents is 1. The molecule has 9 heteroatoms. The van der Waals surface area contributed by atoms with E-state index in [-0.39, 0.29) is 17.7 Å². The number of carbonyl (C=O) groups is 3. The summed E-state index contributed by atoms with van der Waals surface area (Å²) in [5, 5.41) is 13.2. The zero-order chi connectivity index (χ0) is 18.3. The van der Waals surface area contributed by atoms with Crippen LogP contribution >= 0.6 is 0 Å². The molecule has 0 fully saturated rings. The van der Waals surface area contributed by atoms with E-state index in [0.29, 0.717) is 0 Å². The molecule has 1 aromatic rings. The Balaban J connectivity index is 2.91. The summed E-state index contributed by atoms with van der Waals surface area (Å²) in [5.74, 6) is -2.60. The van der Waals surface area contributed by atoms with Crippen molar-refractivity contribution in [3.8, 4) is 0 Å². The number of carbonyl (C=O) groups excluding carboxylic acids is 3. The fourth-order valence-electron chi connectivity index (χ4n) is 2.01. The number of amides is 1. The molecular formula is C15H18N2O7. The second-order valence-corrected chi connectivity index (χ2v) is 5.02. The van der Waals surface area contributed by atoms with E-state index in [1.54, 1.807) is 6.92 Å². The predicted molar refractivity (Wildman–Crippen MR) is 82.2 cm³/mol. The molecule has 0 heterocycles. The van der Waals surface area contributed by atoms with Crippen LogP contribution in [0.3, 0.4) is 0 Å². The summed E-state index contributed by atoms with van der Waals surface area (Å²) in [6.45, 7) is 1.54. The third kappa shape index (κ3) is 5.04. The summed E-state index contributed by atoms with van der Waals surface area (Å²) in [6, 6.07) is 3.98. The minimum atomic E-state index is -1.09. The number of nitrogens with one attached hydrogen (secondary N) is 1. The van der Waals surface area contributed by atoms with E-state index in [0.717, 1.165) is 13.2 Å². The molecule has 1 amide bonds. The second kappa shape index (κ2) is 8.61. The van der Waals surface area contributed by atoms with Crippen LogP contribution in [0.2, 0.25) is 0 Å². The first-order valence-electron chi connectivity index (χ1n) is 7.01. The summed E-state index contributed by atoms with van der Waals surface area (Å²) in [7, 11) is 2.37. The molecule has 2 atom stereocenters. The fourth-order valence-corrected chi connectivity index (χ4v) is 2.01. The Hall–Kier alpha value is -2.97. The third-order valence-electron chi connectivity index (χ3n) is 3.30. The number of benzene rings is 1. The molecule has 0 aromatic heterocycles. The van der Waals surface area contributed by atoms with Crippen LogP contribution in [0.25, 0.3) is 0 Å². The van der Waals surface area contributed by atoms with E-state index in [2.05, 4.69) is 14.8 Å².